The first kappa shape index (κ1) is 23.6. The molecular weight excluding hydrogens is 468 g/mol. The standard InChI is InChI=1S/C25H26N4O7/c30-22-12-26-25(33)29(22)14-17-1-4-19(5-2-17)24(32)34-15-23(31)28-9-7-27(8-10-28)13-18-3-6-20-21(11-18)36-16-35-20/h1-6,11H,7-10,12-16H2,(H,26,33). The number of imide groups is 1. The van der Waals surface area contributed by atoms with E-state index < -0.39 is 12.0 Å². The van der Waals surface area contributed by atoms with Crippen LogP contribution in [0.2, 0.25) is 0 Å². The van der Waals surface area contributed by atoms with E-state index in [1.54, 1.807) is 29.2 Å². The van der Waals surface area contributed by atoms with Crippen LogP contribution in [-0.2, 0) is 27.4 Å². The van der Waals surface area contributed by atoms with Crippen LogP contribution < -0.4 is 14.8 Å². The Morgan fingerprint density at radius 1 is 0.889 bits per heavy atom. The van der Waals surface area contributed by atoms with Gasteiger partial charge in [-0.15, -0.1) is 0 Å². The Morgan fingerprint density at radius 3 is 2.33 bits per heavy atom. The molecule has 11 heteroatoms. The number of hydrogen-bond donors (Lipinski definition) is 1. The lowest BCUT2D eigenvalue weighted by molar-refractivity contribution is -0.136. The molecule has 0 atom stereocenters. The molecule has 0 radical (unpaired) electrons. The van der Waals surface area contributed by atoms with Crippen LogP contribution in [0.5, 0.6) is 11.5 Å². The third kappa shape index (κ3) is 5.25. The third-order valence-corrected chi connectivity index (χ3v) is 6.36. The molecule has 3 aliphatic heterocycles. The second-order valence-corrected chi connectivity index (χ2v) is 8.76. The summed E-state index contributed by atoms with van der Waals surface area (Å²) in [5.74, 6) is 0.377. The molecule has 0 aromatic heterocycles. The molecule has 0 spiro atoms. The predicted molar refractivity (Wildman–Crippen MR) is 125 cm³/mol. The number of fused-ring (bicyclic) bond motifs is 1. The molecule has 11 nitrogen and oxygen atoms in total. The molecule has 3 heterocycles. The van der Waals surface area contributed by atoms with E-state index in [2.05, 4.69) is 10.2 Å². The van der Waals surface area contributed by atoms with Crippen LogP contribution in [0, 0.1) is 0 Å². The maximum Gasteiger partial charge on any atom is 0.338 e. The number of piperazine rings is 1. The van der Waals surface area contributed by atoms with E-state index >= 15 is 0 Å². The Morgan fingerprint density at radius 2 is 1.61 bits per heavy atom. The monoisotopic (exact) mass is 494 g/mol. The molecule has 2 aromatic rings. The fourth-order valence-electron chi connectivity index (χ4n) is 4.30. The van der Waals surface area contributed by atoms with E-state index in [1.165, 1.54) is 0 Å². The number of amides is 4. The Kier molecular flexibility index (Phi) is 6.72. The Hall–Kier alpha value is -4.12. The molecule has 36 heavy (non-hydrogen) atoms. The van der Waals surface area contributed by atoms with Crippen molar-refractivity contribution in [3.8, 4) is 11.5 Å². The summed E-state index contributed by atoms with van der Waals surface area (Å²) < 4.78 is 16.0. The zero-order chi connectivity index (χ0) is 25.1. The average Bonchev–Trinajstić information content (AvgIpc) is 3.49. The van der Waals surface area contributed by atoms with Crippen molar-refractivity contribution in [2.45, 2.75) is 13.1 Å². The normalized spacial score (nSPS) is 17.3. The van der Waals surface area contributed by atoms with Crippen LogP contribution in [0.25, 0.3) is 0 Å². The number of hydrogen-bond acceptors (Lipinski definition) is 8. The molecule has 2 fully saturated rings. The second-order valence-electron chi connectivity index (χ2n) is 8.76. The van der Waals surface area contributed by atoms with Gasteiger partial charge in [-0.1, -0.05) is 18.2 Å². The third-order valence-electron chi connectivity index (χ3n) is 6.36. The minimum absolute atomic E-state index is 0.00773. The van der Waals surface area contributed by atoms with Gasteiger partial charge in [-0.25, -0.2) is 9.59 Å². The predicted octanol–water partition coefficient (Wildman–Crippen LogP) is 0.968. The van der Waals surface area contributed by atoms with Crippen LogP contribution >= 0.6 is 0 Å². The lowest BCUT2D eigenvalue weighted by atomic mass is 10.1. The van der Waals surface area contributed by atoms with Crippen LogP contribution in [-0.4, -0.2) is 84.6 Å². The number of nitrogens with one attached hydrogen (secondary N) is 1. The molecule has 5 rings (SSSR count). The average molecular weight is 495 g/mol. The maximum absolute atomic E-state index is 12.6. The first-order valence-corrected chi connectivity index (χ1v) is 11.7. The molecule has 2 aromatic carbocycles. The molecule has 0 aliphatic carbocycles. The van der Waals surface area contributed by atoms with Crippen molar-refractivity contribution in [3.05, 3.63) is 59.2 Å². The summed E-state index contributed by atoms with van der Waals surface area (Å²) in [5, 5.41) is 2.46. The number of benzene rings is 2. The summed E-state index contributed by atoms with van der Waals surface area (Å²) in [6.07, 6.45) is 0. The summed E-state index contributed by atoms with van der Waals surface area (Å²) >= 11 is 0. The molecular formula is C25H26N4O7. The number of ether oxygens (including phenoxy) is 3. The zero-order valence-corrected chi connectivity index (χ0v) is 19.6. The van der Waals surface area contributed by atoms with E-state index in [0.29, 0.717) is 31.7 Å². The number of carbonyl (C=O) groups is 4. The van der Waals surface area contributed by atoms with Gasteiger partial charge in [-0.05, 0) is 35.4 Å². The number of esters is 1. The van der Waals surface area contributed by atoms with Gasteiger partial charge >= 0.3 is 12.0 Å². The molecule has 0 bridgehead atoms. The van der Waals surface area contributed by atoms with E-state index in [4.69, 9.17) is 14.2 Å². The fourth-order valence-corrected chi connectivity index (χ4v) is 4.30. The topological polar surface area (TPSA) is 118 Å². The fraction of sp³-hybridized carbons (Fsp3) is 0.360. The molecule has 4 amide bonds. The first-order valence-electron chi connectivity index (χ1n) is 11.7. The summed E-state index contributed by atoms with van der Waals surface area (Å²) in [6.45, 7) is 3.32. The van der Waals surface area contributed by atoms with E-state index in [1.807, 2.05) is 18.2 Å². The van der Waals surface area contributed by atoms with Gasteiger partial charge in [0.2, 0.25) is 12.7 Å². The summed E-state index contributed by atoms with van der Waals surface area (Å²) in [6, 6.07) is 11.9. The van der Waals surface area contributed by atoms with Gasteiger partial charge in [0, 0.05) is 32.7 Å². The van der Waals surface area contributed by atoms with Gasteiger partial charge in [0.05, 0.1) is 18.7 Å². The minimum Gasteiger partial charge on any atom is -0.454 e. The Bertz CT molecular complexity index is 1160. The number of urea groups is 1. The molecule has 2 saturated heterocycles. The lowest BCUT2D eigenvalue weighted by Crippen LogP contribution is -2.49. The van der Waals surface area contributed by atoms with Crippen molar-refractivity contribution in [3.63, 3.8) is 0 Å². The van der Waals surface area contributed by atoms with Crippen LogP contribution in [0.3, 0.4) is 0 Å². The first-order chi connectivity index (χ1) is 17.5. The van der Waals surface area contributed by atoms with Gasteiger partial charge in [0.25, 0.3) is 5.91 Å². The van der Waals surface area contributed by atoms with E-state index in [9.17, 15) is 19.2 Å². The largest absolute Gasteiger partial charge is 0.454 e. The van der Waals surface area contributed by atoms with E-state index in [0.717, 1.165) is 28.5 Å². The van der Waals surface area contributed by atoms with Crippen molar-refractivity contribution in [2.24, 2.45) is 0 Å². The summed E-state index contributed by atoms with van der Waals surface area (Å²) in [5.41, 5.74) is 2.11. The SMILES string of the molecule is O=C(OCC(=O)N1CCN(Cc2ccc3c(c2)OCO3)CC1)c1ccc(CN2C(=O)CNC2=O)cc1. The Balaban J connectivity index is 1.05. The van der Waals surface area contributed by atoms with Gasteiger partial charge in [-0.3, -0.25) is 19.4 Å². The highest BCUT2D eigenvalue weighted by Gasteiger charge is 2.28. The van der Waals surface area contributed by atoms with Gasteiger partial charge in [0.1, 0.15) is 0 Å². The highest BCUT2D eigenvalue weighted by Crippen LogP contribution is 2.32. The highest BCUT2D eigenvalue weighted by atomic mass is 16.7. The molecule has 188 valence electrons. The molecule has 1 N–H and O–H groups in total. The number of carbonyl (C=O) groups excluding carboxylic acids is 4. The minimum atomic E-state index is -0.605. The second kappa shape index (κ2) is 10.2. The van der Waals surface area contributed by atoms with Gasteiger partial charge in [-0.2, -0.15) is 0 Å². The summed E-state index contributed by atoms with van der Waals surface area (Å²) in [7, 11) is 0. The zero-order valence-electron chi connectivity index (χ0n) is 19.6. The van der Waals surface area contributed by atoms with Crippen molar-refractivity contribution in [2.75, 3.05) is 46.1 Å². The lowest BCUT2D eigenvalue weighted by Gasteiger charge is -2.34. The molecule has 0 saturated carbocycles. The Labute approximate surface area is 207 Å². The van der Waals surface area contributed by atoms with Gasteiger partial charge in [0.15, 0.2) is 18.1 Å². The van der Waals surface area contributed by atoms with Crippen molar-refractivity contribution in [1.29, 1.82) is 0 Å². The van der Waals surface area contributed by atoms with Crippen molar-refractivity contribution < 1.29 is 33.4 Å². The quantitative estimate of drug-likeness (QED) is 0.447. The highest BCUT2D eigenvalue weighted by molar-refractivity contribution is 6.01. The van der Waals surface area contributed by atoms with E-state index in [-0.39, 0.29) is 43.9 Å². The van der Waals surface area contributed by atoms with Gasteiger partial charge < -0.3 is 24.4 Å². The molecule has 0 unspecified atom stereocenters. The van der Waals surface area contributed by atoms with Crippen molar-refractivity contribution >= 4 is 23.8 Å². The number of rotatable bonds is 7. The van der Waals surface area contributed by atoms with Crippen molar-refractivity contribution in [1.82, 2.24) is 20.0 Å². The van der Waals surface area contributed by atoms with Crippen LogP contribution in [0.15, 0.2) is 42.5 Å². The smallest absolute Gasteiger partial charge is 0.338 e. The van der Waals surface area contributed by atoms with Crippen LogP contribution in [0.1, 0.15) is 21.5 Å². The van der Waals surface area contributed by atoms with Crippen LogP contribution in [0.4, 0.5) is 4.79 Å². The number of nitrogens with zero attached hydrogens (tertiary/aromatic N) is 3. The summed E-state index contributed by atoms with van der Waals surface area (Å²) in [4.78, 5) is 53.4. The maximum atomic E-state index is 12.6. The molecule has 3 aliphatic rings.